The first-order valence-electron chi connectivity index (χ1n) is 7.13. The Balaban J connectivity index is 2.28. The van der Waals surface area contributed by atoms with E-state index < -0.39 is 10.2 Å². The van der Waals surface area contributed by atoms with Gasteiger partial charge in [0.05, 0.1) is 6.61 Å². The summed E-state index contributed by atoms with van der Waals surface area (Å²) in [7, 11) is -3.32. The molecular formula is C12H27N3O3S. The minimum Gasteiger partial charge on any atom is -0.380 e. The van der Waals surface area contributed by atoms with Crippen LogP contribution in [0.3, 0.4) is 0 Å². The summed E-state index contributed by atoms with van der Waals surface area (Å²) in [6, 6.07) is 0. The number of piperidine rings is 1. The Morgan fingerprint density at radius 2 is 1.95 bits per heavy atom. The van der Waals surface area contributed by atoms with E-state index in [2.05, 4.69) is 17.0 Å². The number of nitrogens with zero attached hydrogens (tertiary/aromatic N) is 1. The van der Waals surface area contributed by atoms with E-state index >= 15 is 0 Å². The number of ether oxygens (including phenoxy) is 1. The smallest absolute Gasteiger partial charge is 0.279 e. The Kier molecular flexibility index (Phi) is 7.86. The fourth-order valence-corrected chi connectivity index (χ4v) is 3.40. The van der Waals surface area contributed by atoms with Crippen molar-refractivity contribution in [3.05, 3.63) is 0 Å². The largest absolute Gasteiger partial charge is 0.380 e. The zero-order valence-electron chi connectivity index (χ0n) is 12.0. The van der Waals surface area contributed by atoms with Gasteiger partial charge in [-0.2, -0.15) is 17.4 Å². The Hall–Kier alpha value is -0.210. The molecule has 1 saturated heterocycles. The summed E-state index contributed by atoms with van der Waals surface area (Å²) in [5.41, 5.74) is 0. The molecule has 114 valence electrons. The predicted octanol–water partition coefficient (Wildman–Crippen LogP) is 0.179. The maximum absolute atomic E-state index is 12.0. The van der Waals surface area contributed by atoms with Gasteiger partial charge in [-0.3, -0.25) is 0 Å². The van der Waals surface area contributed by atoms with Crippen LogP contribution in [0.25, 0.3) is 0 Å². The Morgan fingerprint density at radius 1 is 1.26 bits per heavy atom. The van der Waals surface area contributed by atoms with Crippen LogP contribution in [0, 0.1) is 5.92 Å². The lowest BCUT2D eigenvalue weighted by Crippen LogP contribution is -2.46. The fourth-order valence-electron chi connectivity index (χ4n) is 2.18. The van der Waals surface area contributed by atoms with Crippen molar-refractivity contribution in [2.24, 2.45) is 5.92 Å². The van der Waals surface area contributed by atoms with Crippen molar-refractivity contribution in [3.8, 4) is 0 Å². The summed E-state index contributed by atoms with van der Waals surface area (Å²) >= 11 is 0. The third kappa shape index (κ3) is 6.18. The van der Waals surface area contributed by atoms with Crippen molar-refractivity contribution < 1.29 is 13.2 Å². The highest BCUT2D eigenvalue weighted by Crippen LogP contribution is 2.18. The van der Waals surface area contributed by atoms with Gasteiger partial charge in [-0.1, -0.05) is 6.92 Å². The standard InChI is InChI=1S/C12H27N3O3S/c1-3-13-11-12-5-8-15(9-6-12)19(16,17)14-7-10-18-4-2/h12-14H,3-11H2,1-2H3. The minimum absolute atomic E-state index is 0.341. The van der Waals surface area contributed by atoms with E-state index in [1.54, 1.807) is 4.31 Å². The average Bonchev–Trinajstić information content (AvgIpc) is 2.42. The summed E-state index contributed by atoms with van der Waals surface area (Å²) in [6.45, 7) is 8.53. The summed E-state index contributed by atoms with van der Waals surface area (Å²) in [5.74, 6) is 0.592. The molecule has 0 aromatic heterocycles. The molecule has 0 unspecified atom stereocenters. The Bertz CT molecular complexity index is 327. The first-order chi connectivity index (χ1) is 9.10. The number of hydrogen-bond donors (Lipinski definition) is 2. The van der Waals surface area contributed by atoms with Crippen LogP contribution in [0.2, 0.25) is 0 Å². The first-order valence-corrected chi connectivity index (χ1v) is 8.57. The second-order valence-electron chi connectivity index (χ2n) is 4.75. The molecule has 0 radical (unpaired) electrons. The molecule has 0 saturated carbocycles. The van der Waals surface area contributed by atoms with Gasteiger partial charge >= 0.3 is 0 Å². The van der Waals surface area contributed by atoms with Crippen molar-refractivity contribution >= 4 is 10.2 Å². The summed E-state index contributed by atoms with van der Waals surface area (Å²) < 4.78 is 33.3. The lowest BCUT2D eigenvalue weighted by atomic mass is 9.98. The molecule has 0 atom stereocenters. The van der Waals surface area contributed by atoms with E-state index in [1.807, 2.05) is 6.92 Å². The summed E-state index contributed by atoms with van der Waals surface area (Å²) in [6.07, 6.45) is 1.86. The molecule has 6 nitrogen and oxygen atoms in total. The molecule has 19 heavy (non-hydrogen) atoms. The molecule has 0 aliphatic carbocycles. The number of hydrogen-bond acceptors (Lipinski definition) is 4. The van der Waals surface area contributed by atoms with Gasteiger partial charge in [-0.05, 0) is 38.8 Å². The van der Waals surface area contributed by atoms with Crippen molar-refractivity contribution in [2.45, 2.75) is 26.7 Å². The molecule has 1 aliphatic rings. The average molecular weight is 293 g/mol. The van der Waals surface area contributed by atoms with Crippen LogP contribution >= 0.6 is 0 Å². The molecular weight excluding hydrogens is 266 g/mol. The molecule has 0 amide bonds. The Labute approximate surface area is 117 Å². The van der Waals surface area contributed by atoms with E-state index in [4.69, 9.17) is 4.74 Å². The van der Waals surface area contributed by atoms with Crippen LogP contribution in [0.4, 0.5) is 0 Å². The molecule has 7 heteroatoms. The Morgan fingerprint density at radius 3 is 2.53 bits per heavy atom. The second kappa shape index (κ2) is 8.86. The van der Waals surface area contributed by atoms with Crippen LogP contribution < -0.4 is 10.0 Å². The summed E-state index contributed by atoms with van der Waals surface area (Å²) in [5, 5.41) is 3.32. The third-order valence-electron chi connectivity index (χ3n) is 3.33. The van der Waals surface area contributed by atoms with Crippen LogP contribution in [0.1, 0.15) is 26.7 Å². The maximum atomic E-state index is 12.0. The van der Waals surface area contributed by atoms with Crippen LogP contribution in [0.15, 0.2) is 0 Å². The van der Waals surface area contributed by atoms with E-state index in [0.29, 0.717) is 38.8 Å². The molecule has 2 N–H and O–H groups in total. The molecule has 1 fully saturated rings. The van der Waals surface area contributed by atoms with Gasteiger partial charge in [-0.15, -0.1) is 0 Å². The van der Waals surface area contributed by atoms with E-state index in [1.165, 1.54) is 0 Å². The van der Waals surface area contributed by atoms with E-state index in [0.717, 1.165) is 25.9 Å². The van der Waals surface area contributed by atoms with Gasteiger partial charge in [0.25, 0.3) is 10.2 Å². The van der Waals surface area contributed by atoms with Crippen LogP contribution in [0.5, 0.6) is 0 Å². The SMILES string of the molecule is CCNCC1CCN(S(=O)(=O)NCCOCC)CC1. The highest BCUT2D eigenvalue weighted by Gasteiger charge is 2.27. The molecule has 0 aromatic carbocycles. The molecule has 0 bridgehead atoms. The minimum atomic E-state index is -3.32. The number of rotatable bonds is 9. The van der Waals surface area contributed by atoms with Gasteiger partial charge in [-0.25, -0.2) is 0 Å². The molecule has 1 rings (SSSR count). The maximum Gasteiger partial charge on any atom is 0.279 e. The van der Waals surface area contributed by atoms with Gasteiger partial charge in [0, 0.05) is 26.2 Å². The van der Waals surface area contributed by atoms with Crippen LogP contribution in [-0.4, -0.2) is 58.7 Å². The number of nitrogens with one attached hydrogen (secondary N) is 2. The van der Waals surface area contributed by atoms with Gasteiger partial charge in [0.1, 0.15) is 0 Å². The lowest BCUT2D eigenvalue weighted by Gasteiger charge is -2.31. The van der Waals surface area contributed by atoms with Crippen molar-refractivity contribution in [3.63, 3.8) is 0 Å². The molecule has 1 heterocycles. The first kappa shape index (κ1) is 16.8. The quantitative estimate of drug-likeness (QED) is 0.595. The zero-order chi connectivity index (χ0) is 14.1. The van der Waals surface area contributed by atoms with Crippen LogP contribution in [-0.2, 0) is 14.9 Å². The van der Waals surface area contributed by atoms with Crippen molar-refractivity contribution in [2.75, 3.05) is 45.9 Å². The molecule has 0 spiro atoms. The lowest BCUT2D eigenvalue weighted by molar-refractivity contribution is 0.152. The second-order valence-corrected chi connectivity index (χ2v) is 6.50. The highest BCUT2D eigenvalue weighted by atomic mass is 32.2. The predicted molar refractivity (Wildman–Crippen MR) is 76.3 cm³/mol. The van der Waals surface area contributed by atoms with Gasteiger partial charge < -0.3 is 10.1 Å². The van der Waals surface area contributed by atoms with Crippen molar-refractivity contribution in [1.29, 1.82) is 0 Å². The van der Waals surface area contributed by atoms with E-state index in [9.17, 15) is 8.42 Å². The third-order valence-corrected chi connectivity index (χ3v) is 4.95. The van der Waals surface area contributed by atoms with Crippen molar-refractivity contribution in [1.82, 2.24) is 14.3 Å². The molecule has 1 aliphatic heterocycles. The van der Waals surface area contributed by atoms with E-state index in [-0.39, 0.29) is 0 Å². The topological polar surface area (TPSA) is 70.7 Å². The molecule has 0 aromatic rings. The van der Waals surface area contributed by atoms with Gasteiger partial charge in [0.2, 0.25) is 0 Å². The van der Waals surface area contributed by atoms with Gasteiger partial charge in [0.15, 0.2) is 0 Å². The zero-order valence-corrected chi connectivity index (χ0v) is 12.8. The monoisotopic (exact) mass is 293 g/mol. The fraction of sp³-hybridized carbons (Fsp3) is 1.00. The summed E-state index contributed by atoms with van der Waals surface area (Å²) in [4.78, 5) is 0. The normalized spacial score (nSPS) is 18.8. The highest BCUT2D eigenvalue weighted by molar-refractivity contribution is 7.87.